The highest BCUT2D eigenvalue weighted by molar-refractivity contribution is 5.85. The van der Waals surface area contributed by atoms with E-state index in [1.54, 1.807) is 0 Å². The second-order valence-corrected chi connectivity index (χ2v) is 6.14. The van der Waals surface area contributed by atoms with Gasteiger partial charge >= 0.3 is 0 Å². The number of aromatic nitrogens is 2. The third kappa shape index (κ3) is 7.02. The van der Waals surface area contributed by atoms with Crippen molar-refractivity contribution in [2.24, 2.45) is 5.73 Å². The van der Waals surface area contributed by atoms with Crippen LogP contribution in [0.15, 0.2) is 28.8 Å². The average Bonchev–Trinajstić information content (AvgIpc) is 3.07. The largest absolute Gasteiger partial charge is 0.338 e. The van der Waals surface area contributed by atoms with Crippen LogP contribution in [0.4, 0.5) is 0 Å². The van der Waals surface area contributed by atoms with Gasteiger partial charge < -0.3 is 10.3 Å². The van der Waals surface area contributed by atoms with Gasteiger partial charge in [0.2, 0.25) is 11.7 Å². The van der Waals surface area contributed by atoms with E-state index in [0.29, 0.717) is 11.7 Å². The van der Waals surface area contributed by atoms with Crippen molar-refractivity contribution in [3.63, 3.8) is 0 Å². The summed E-state index contributed by atoms with van der Waals surface area (Å²) in [6, 6.07) is 8.45. The number of nitrogens with two attached hydrogens (primary N) is 1. The predicted octanol–water partition coefficient (Wildman–Crippen LogP) is 5.30. The van der Waals surface area contributed by atoms with E-state index >= 15 is 0 Å². The normalized spacial score (nSPS) is 10.6. The van der Waals surface area contributed by atoms with E-state index in [1.807, 2.05) is 0 Å². The summed E-state index contributed by atoms with van der Waals surface area (Å²) in [4.78, 5) is 4.24. The molecular formula is C19H30ClN3O. The van der Waals surface area contributed by atoms with Crippen molar-refractivity contribution in [1.82, 2.24) is 10.1 Å². The van der Waals surface area contributed by atoms with Crippen molar-refractivity contribution in [1.29, 1.82) is 0 Å². The highest BCUT2D eigenvalue weighted by atomic mass is 35.5. The number of hydrogen-bond acceptors (Lipinski definition) is 4. The molecule has 0 aliphatic rings. The Kier molecular flexibility index (Phi) is 10.4. The fourth-order valence-corrected chi connectivity index (χ4v) is 2.74. The SMILES string of the molecule is CCCCCCCCCCc1ccc(-c2noc(CN)n2)cc1.Cl. The van der Waals surface area contributed by atoms with Gasteiger partial charge in [-0.3, -0.25) is 0 Å². The first kappa shape index (κ1) is 20.7. The Morgan fingerprint density at radius 3 is 2.12 bits per heavy atom. The van der Waals surface area contributed by atoms with E-state index < -0.39 is 0 Å². The number of unbranched alkanes of at least 4 members (excludes halogenated alkanes) is 7. The minimum Gasteiger partial charge on any atom is -0.338 e. The molecule has 5 heteroatoms. The summed E-state index contributed by atoms with van der Waals surface area (Å²) in [6.45, 7) is 2.55. The molecule has 134 valence electrons. The van der Waals surface area contributed by atoms with Crippen LogP contribution in [0.1, 0.15) is 69.7 Å². The molecule has 0 saturated carbocycles. The number of hydrogen-bond donors (Lipinski definition) is 1. The van der Waals surface area contributed by atoms with Crippen LogP contribution in [-0.4, -0.2) is 10.1 Å². The second-order valence-electron chi connectivity index (χ2n) is 6.14. The van der Waals surface area contributed by atoms with Gasteiger partial charge in [-0.05, 0) is 18.4 Å². The molecule has 0 aliphatic carbocycles. The molecule has 0 amide bonds. The minimum atomic E-state index is 0. The molecule has 2 N–H and O–H groups in total. The van der Waals surface area contributed by atoms with Gasteiger partial charge in [0.15, 0.2) is 0 Å². The van der Waals surface area contributed by atoms with Crippen LogP contribution >= 0.6 is 12.4 Å². The molecule has 0 radical (unpaired) electrons. The van der Waals surface area contributed by atoms with Crippen molar-refractivity contribution >= 4 is 12.4 Å². The van der Waals surface area contributed by atoms with Gasteiger partial charge in [-0.2, -0.15) is 4.98 Å². The highest BCUT2D eigenvalue weighted by Gasteiger charge is 2.06. The lowest BCUT2D eigenvalue weighted by atomic mass is 10.0. The van der Waals surface area contributed by atoms with Crippen LogP contribution in [0.25, 0.3) is 11.4 Å². The predicted molar refractivity (Wildman–Crippen MR) is 101 cm³/mol. The van der Waals surface area contributed by atoms with Gasteiger partial charge in [-0.1, -0.05) is 81.3 Å². The number of aryl methyl sites for hydroxylation is 1. The van der Waals surface area contributed by atoms with Gasteiger partial charge in [0.05, 0.1) is 6.54 Å². The van der Waals surface area contributed by atoms with Crippen LogP contribution in [-0.2, 0) is 13.0 Å². The quantitative estimate of drug-likeness (QED) is 0.558. The van der Waals surface area contributed by atoms with E-state index in [2.05, 4.69) is 41.3 Å². The van der Waals surface area contributed by atoms with Gasteiger partial charge in [-0.15, -0.1) is 12.4 Å². The molecular weight excluding hydrogens is 322 g/mol. The van der Waals surface area contributed by atoms with Gasteiger partial charge in [-0.25, -0.2) is 0 Å². The molecule has 24 heavy (non-hydrogen) atoms. The Labute approximate surface area is 151 Å². The van der Waals surface area contributed by atoms with Crippen molar-refractivity contribution in [3.05, 3.63) is 35.7 Å². The Balaban J connectivity index is 0.00000288. The number of benzene rings is 1. The first-order valence-electron chi connectivity index (χ1n) is 8.95. The topological polar surface area (TPSA) is 64.9 Å². The van der Waals surface area contributed by atoms with E-state index in [1.165, 1.54) is 56.9 Å². The van der Waals surface area contributed by atoms with Gasteiger partial charge in [0, 0.05) is 5.56 Å². The molecule has 0 fully saturated rings. The molecule has 1 aromatic carbocycles. The van der Waals surface area contributed by atoms with Crippen molar-refractivity contribution in [2.75, 3.05) is 0 Å². The average molecular weight is 352 g/mol. The Bertz CT molecular complexity index is 554. The third-order valence-corrected chi connectivity index (χ3v) is 4.17. The first-order chi connectivity index (χ1) is 11.3. The van der Waals surface area contributed by atoms with Crippen molar-refractivity contribution < 1.29 is 4.52 Å². The molecule has 2 rings (SSSR count). The zero-order valence-corrected chi connectivity index (χ0v) is 15.5. The number of rotatable bonds is 11. The summed E-state index contributed by atoms with van der Waals surface area (Å²) in [6.07, 6.45) is 12.0. The maximum atomic E-state index is 5.48. The molecule has 0 saturated heterocycles. The molecule has 0 spiro atoms. The molecule has 0 atom stereocenters. The molecule has 1 heterocycles. The zero-order valence-electron chi connectivity index (χ0n) is 14.7. The summed E-state index contributed by atoms with van der Waals surface area (Å²) in [5, 5.41) is 3.94. The van der Waals surface area contributed by atoms with E-state index in [4.69, 9.17) is 10.3 Å². The minimum absolute atomic E-state index is 0. The third-order valence-electron chi connectivity index (χ3n) is 4.17. The molecule has 0 aliphatic heterocycles. The number of nitrogens with zero attached hydrogens (tertiary/aromatic N) is 2. The van der Waals surface area contributed by atoms with E-state index in [9.17, 15) is 0 Å². The summed E-state index contributed by atoms with van der Waals surface area (Å²) < 4.78 is 5.04. The van der Waals surface area contributed by atoms with Crippen LogP contribution in [0.2, 0.25) is 0 Å². The van der Waals surface area contributed by atoms with Crippen LogP contribution in [0, 0.1) is 0 Å². The van der Waals surface area contributed by atoms with Crippen molar-refractivity contribution in [3.8, 4) is 11.4 Å². The lowest BCUT2D eigenvalue weighted by Gasteiger charge is -2.03. The summed E-state index contributed by atoms with van der Waals surface area (Å²) in [7, 11) is 0. The monoisotopic (exact) mass is 351 g/mol. The molecule has 1 aromatic heterocycles. The standard InChI is InChI=1S/C19H29N3O.ClH/c1-2-3-4-5-6-7-8-9-10-16-11-13-17(14-12-16)19-21-18(15-20)23-22-19;/h11-14H,2-10,15,20H2,1H3;1H. The summed E-state index contributed by atoms with van der Waals surface area (Å²) in [5.74, 6) is 1.09. The Morgan fingerprint density at radius 1 is 0.917 bits per heavy atom. The molecule has 4 nitrogen and oxygen atoms in total. The van der Waals surface area contributed by atoms with Gasteiger partial charge in [0.1, 0.15) is 0 Å². The lowest BCUT2D eigenvalue weighted by Crippen LogP contribution is -1.95. The van der Waals surface area contributed by atoms with Crippen LogP contribution in [0.5, 0.6) is 0 Å². The van der Waals surface area contributed by atoms with E-state index in [-0.39, 0.29) is 19.0 Å². The van der Waals surface area contributed by atoms with E-state index in [0.717, 1.165) is 12.0 Å². The maximum Gasteiger partial charge on any atom is 0.240 e. The fraction of sp³-hybridized carbons (Fsp3) is 0.579. The first-order valence-corrected chi connectivity index (χ1v) is 8.95. The zero-order chi connectivity index (χ0) is 16.3. The molecule has 2 aromatic rings. The van der Waals surface area contributed by atoms with Crippen LogP contribution < -0.4 is 5.73 Å². The smallest absolute Gasteiger partial charge is 0.240 e. The maximum absolute atomic E-state index is 5.48. The highest BCUT2D eigenvalue weighted by Crippen LogP contribution is 2.18. The summed E-state index contributed by atoms with van der Waals surface area (Å²) in [5.41, 5.74) is 7.84. The Morgan fingerprint density at radius 2 is 1.54 bits per heavy atom. The summed E-state index contributed by atoms with van der Waals surface area (Å²) >= 11 is 0. The fourth-order valence-electron chi connectivity index (χ4n) is 2.74. The molecule has 0 bridgehead atoms. The Hall–Kier alpha value is -1.39. The molecule has 0 unspecified atom stereocenters. The lowest BCUT2D eigenvalue weighted by molar-refractivity contribution is 0.380. The van der Waals surface area contributed by atoms with Crippen LogP contribution in [0.3, 0.4) is 0 Å². The van der Waals surface area contributed by atoms with Crippen molar-refractivity contribution in [2.45, 2.75) is 71.3 Å². The number of halogens is 1. The van der Waals surface area contributed by atoms with Gasteiger partial charge in [0.25, 0.3) is 0 Å². The second kappa shape index (κ2) is 12.0.